The maximum Gasteiger partial charge on any atom is 0.178 e. The van der Waals surface area contributed by atoms with Gasteiger partial charge in [0, 0.05) is 0 Å². The summed E-state index contributed by atoms with van der Waals surface area (Å²) < 4.78 is 0. The molecule has 0 aromatic heterocycles. The van der Waals surface area contributed by atoms with Crippen LogP contribution in [0.15, 0.2) is 23.3 Å². The van der Waals surface area contributed by atoms with Crippen LogP contribution in [0.25, 0.3) is 0 Å². The van der Waals surface area contributed by atoms with Crippen LogP contribution in [0.3, 0.4) is 0 Å². The summed E-state index contributed by atoms with van der Waals surface area (Å²) >= 11 is 0. The maximum absolute atomic E-state index is 13.2. The summed E-state index contributed by atoms with van der Waals surface area (Å²) in [6.07, 6.45) is 40.6. The minimum absolute atomic E-state index is 0.278. The molecule has 1 nitrogen and oxygen atoms in total. The number of carbonyl (C=O) groups is 1. The van der Waals surface area contributed by atoms with E-state index in [9.17, 15) is 4.79 Å². The van der Waals surface area contributed by atoms with Gasteiger partial charge in [0.25, 0.3) is 0 Å². The number of ketones is 1. The fourth-order valence-electron chi connectivity index (χ4n) is 5.51. The summed E-state index contributed by atoms with van der Waals surface area (Å²) in [5, 5.41) is 0. The van der Waals surface area contributed by atoms with Crippen LogP contribution < -0.4 is 0 Å². The van der Waals surface area contributed by atoms with Crippen molar-refractivity contribution in [1.82, 2.24) is 0 Å². The third kappa shape index (κ3) is 26.7. The Kier molecular flexibility index (Phi) is 30.0. The first-order valence-corrected chi connectivity index (χ1v) is 17.6. The molecule has 0 N–H and O–H groups in total. The standard InChI is InChI=1S/C37H70O/c1-5-9-13-17-19-21-23-27-31-35(29-25-15-11-7-3)33-37(38)34-36(30-26-16-12-8-4)32-28-24-22-20-18-14-10-6-2/h33-34H,5-32H2,1-4H3. The zero-order valence-corrected chi connectivity index (χ0v) is 26.9. The average Bonchev–Trinajstić information content (AvgIpc) is 2.91. The molecular formula is C37H70O. The normalized spacial score (nSPS) is 12.4. The summed E-state index contributed by atoms with van der Waals surface area (Å²) in [6.45, 7) is 9.13. The monoisotopic (exact) mass is 531 g/mol. The lowest BCUT2D eigenvalue weighted by atomic mass is 9.96. The van der Waals surface area contributed by atoms with Gasteiger partial charge in [0.1, 0.15) is 0 Å². The molecule has 0 heterocycles. The second-order valence-corrected chi connectivity index (χ2v) is 12.1. The van der Waals surface area contributed by atoms with Crippen LogP contribution in [-0.2, 0) is 4.79 Å². The van der Waals surface area contributed by atoms with Gasteiger partial charge in [-0.25, -0.2) is 0 Å². The van der Waals surface area contributed by atoms with E-state index in [0.717, 1.165) is 25.7 Å². The molecule has 0 aliphatic carbocycles. The Bertz CT molecular complexity index is 507. The molecule has 38 heavy (non-hydrogen) atoms. The van der Waals surface area contributed by atoms with Crippen LogP contribution in [0.1, 0.15) is 207 Å². The van der Waals surface area contributed by atoms with E-state index >= 15 is 0 Å². The molecule has 0 atom stereocenters. The van der Waals surface area contributed by atoms with Crippen molar-refractivity contribution < 1.29 is 4.79 Å². The second-order valence-electron chi connectivity index (χ2n) is 12.1. The fraction of sp³-hybridized carbons (Fsp3) is 0.865. The molecule has 0 aliphatic heterocycles. The number of hydrogen-bond acceptors (Lipinski definition) is 1. The summed E-state index contributed by atoms with van der Waals surface area (Å²) in [4.78, 5) is 13.2. The molecule has 0 fully saturated rings. The van der Waals surface area contributed by atoms with Gasteiger partial charge >= 0.3 is 0 Å². The molecule has 0 aliphatic rings. The van der Waals surface area contributed by atoms with Crippen molar-refractivity contribution in [3.8, 4) is 0 Å². The summed E-state index contributed by atoms with van der Waals surface area (Å²) in [5.41, 5.74) is 2.84. The van der Waals surface area contributed by atoms with Gasteiger partial charge in [-0.05, 0) is 63.5 Å². The number of carbonyl (C=O) groups excluding carboxylic acids is 1. The van der Waals surface area contributed by atoms with Crippen LogP contribution in [0.2, 0.25) is 0 Å². The molecule has 1 heteroatoms. The van der Waals surface area contributed by atoms with Gasteiger partial charge in [-0.1, -0.05) is 167 Å². The number of rotatable bonds is 30. The van der Waals surface area contributed by atoms with Crippen molar-refractivity contribution in [3.05, 3.63) is 23.3 Å². The summed E-state index contributed by atoms with van der Waals surface area (Å²) in [6, 6.07) is 0. The molecule has 0 rings (SSSR count). The lowest BCUT2D eigenvalue weighted by Crippen LogP contribution is -1.97. The molecule has 0 radical (unpaired) electrons. The van der Waals surface area contributed by atoms with Gasteiger partial charge in [0.2, 0.25) is 0 Å². The fourth-order valence-corrected chi connectivity index (χ4v) is 5.51. The highest BCUT2D eigenvalue weighted by atomic mass is 16.1. The van der Waals surface area contributed by atoms with Gasteiger partial charge in [-0.2, -0.15) is 0 Å². The molecule has 0 saturated carbocycles. The van der Waals surface area contributed by atoms with E-state index in [1.165, 1.54) is 165 Å². The Morgan fingerprint density at radius 1 is 0.342 bits per heavy atom. The van der Waals surface area contributed by atoms with E-state index in [-0.39, 0.29) is 5.78 Å². The molecular weight excluding hydrogens is 460 g/mol. The first-order chi connectivity index (χ1) is 18.7. The van der Waals surface area contributed by atoms with Crippen molar-refractivity contribution in [2.75, 3.05) is 0 Å². The predicted octanol–water partition coefficient (Wildman–Crippen LogP) is 13.4. The summed E-state index contributed by atoms with van der Waals surface area (Å²) in [5.74, 6) is 0.278. The molecule has 0 amide bonds. The maximum atomic E-state index is 13.2. The number of allylic oxidation sites excluding steroid dienone is 4. The molecule has 0 bridgehead atoms. The molecule has 0 spiro atoms. The lowest BCUT2D eigenvalue weighted by molar-refractivity contribution is -0.110. The van der Waals surface area contributed by atoms with Crippen molar-refractivity contribution in [1.29, 1.82) is 0 Å². The minimum atomic E-state index is 0.278. The van der Waals surface area contributed by atoms with Crippen LogP contribution in [0, 0.1) is 0 Å². The van der Waals surface area contributed by atoms with Crippen LogP contribution in [0.4, 0.5) is 0 Å². The first kappa shape index (κ1) is 37.1. The van der Waals surface area contributed by atoms with Crippen LogP contribution in [0.5, 0.6) is 0 Å². The number of hydrogen-bond donors (Lipinski definition) is 0. The first-order valence-electron chi connectivity index (χ1n) is 17.6. The molecule has 0 saturated heterocycles. The highest BCUT2D eigenvalue weighted by molar-refractivity contribution is 6.00. The van der Waals surface area contributed by atoms with Crippen molar-refractivity contribution in [3.63, 3.8) is 0 Å². The van der Waals surface area contributed by atoms with E-state index < -0.39 is 0 Å². The third-order valence-electron chi connectivity index (χ3n) is 8.10. The van der Waals surface area contributed by atoms with Gasteiger partial charge in [0.15, 0.2) is 5.78 Å². The molecule has 0 aromatic rings. The SMILES string of the molecule is CCCCCCCCCCC(=CC(=O)C=C(CCCCCC)CCCCCCCCCC)CCCCCC. The predicted molar refractivity (Wildman–Crippen MR) is 173 cm³/mol. The van der Waals surface area contributed by atoms with Crippen molar-refractivity contribution in [2.45, 2.75) is 207 Å². The van der Waals surface area contributed by atoms with E-state index in [1.807, 2.05) is 12.2 Å². The molecule has 224 valence electrons. The van der Waals surface area contributed by atoms with Gasteiger partial charge in [-0.3, -0.25) is 4.79 Å². The smallest absolute Gasteiger partial charge is 0.178 e. The van der Waals surface area contributed by atoms with E-state index in [2.05, 4.69) is 27.7 Å². The zero-order valence-electron chi connectivity index (χ0n) is 26.9. The Labute approximate surface area is 241 Å². The van der Waals surface area contributed by atoms with E-state index in [0.29, 0.717) is 0 Å². The highest BCUT2D eigenvalue weighted by Gasteiger charge is 2.06. The van der Waals surface area contributed by atoms with E-state index in [4.69, 9.17) is 0 Å². The van der Waals surface area contributed by atoms with Crippen LogP contribution >= 0.6 is 0 Å². The third-order valence-corrected chi connectivity index (χ3v) is 8.10. The van der Waals surface area contributed by atoms with Gasteiger partial charge in [0.05, 0.1) is 0 Å². The Balaban J connectivity index is 4.83. The quantitative estimate of drug-likeness (QED) is 0.0666. The second kappa shape index (κ2) is 30.7. The molecule has 0 unspecified atom stereocenters. The average molecular weight is 531 g/mol. The Morgan fingerprint density at radius 2 is 0.553 bits per heavy atom. The van der Waals surface area contributed by atoms with E-state index in [1.54, 1.807) is 0 Å². The van der Waals surface area contributed by atoms with Crippen molar-refractivity contribution in [2.24, 2.45) is 0 Å². The van der Waals surface area contributed by atoms with Gasteiger partial charge in [-0.15, -0.1) is 0 Å². The topological polar surface area (TPSA) is 17.1 Å². The largest absolute Gasteiger partial charge is 0.290 e. The highest BCUT2D eigenvalue weighted by Crippen LogP contribution is 2.21. The number of unbranched alkanes of at least 4 members (excludes halogenated alkanes) is 20. The Hall–Kier alpha value is -0.850. The zero-order chi connectivity index (χ0) is 27.9. The van der Waals surface area contributed by atoms with Crippen molar-refractivity contribution >= 4 is 5.78 Å². The summed E-state index contributed by atoms with van der Waals surface area (Å²) in [7, 11) is 0. The van der Waals surface area contributed by atoms with Gasteiger partial charge < -0.3 is 0 Å². The molecule has 0 aromatic carbocycles. The Morgan fingerprint density at radius 3 is 0.816 bits per heavy atom. The lowest BCUT2D eigenvalue weighted by Gasteiger charge is -2.10. The van der Waals surface area contributed by atoms with Crippen LogP contribution in [-0.4, -0.2) is 5.78 Å². The minimum Gasteiger partial charge on any atom is -0.290 e.